The minimum atomic E-state index is -1.02. The van der Waals surface area contributed by atoms with E-state index in [1.807, 2.05) is 6.92 Å². The Hall–Kier alpha value is -2.05. The number of hydrogen-bond acceptors (Lipinski definition) is 4. The molecule has 0 aliphatic carbocycles. The molecule has 1 aromatic rings. The zero-order valence-corrected chi connectivity index (χ0v) is 12.4. The average molecular weight is 283 g/mol. The highest BCUT2D eigenvalue weighted by Crippen LogP contribution is 2.17. The molecule has 1 aromatic heterocycles. The lowest BCUT2D eigenvalue weighted by Crippen LogP contribution is -2.36. The van der Waals surface area contributed by atoms with Crippen molar-refractivity contribution in [1.29, 1.82) is 0 Å². The summed E-state index contributed by atoms with van der Waals surface area (Å²) in [4.78, 5) is 22.7. The number of nitrogens with zero attached hydrogens (tertiary/aromatic N) is 2. The fourth-order valence-electron chi connectivity index (χ4n) is 1.61. The van der Waals surface area contributed by atoms with Gasteiger partial charge < -0.3 is 15.2 Å². The van der Waals surface area contributed by atoms with Crippen LogP contribution in [0.4, 0.5) is 4.79 Å². The quantitative estimate of drug-likeness (QED) is 0.878. The highest BCUT2D eigenvalue weighted by Gasteiger charge is 2.24. The molecule has 7 heteroatoms. The summed E-state index contributed by atoms with van der Waals surface area (Å²) in [6, 6.07) is 1.02. The molecular formula is C13H21N3O4. The molecule has 0 unspecified atom stereocenters. The summed E-state index contributed by atoms with van der Waals surface area (Å²) >= 11 is 0. The summed E-state index contributed by atoms with van der Waals surface area (Å²) in [5, 5.41) is 15.7. The average Bonchev–Trinajstić information content (AvgIpc) is 2.54. The van der Waals surface area contributed by atoms with Crippen molar-refractivity contribution in [2.24, 2.45) is 7.05 Å². The van der Waals surface area contributed by atoms with Gasteiger partial charge in [0.15, 0.2) is 0 Å². The number of aromatic nitrogens is 2. The van der Waals surface area contributed by atoms with Gasteiger partial charge in [0.2, 0.25) is 0 Å². The van der Waals surface area contributed by atoms with Gasteiger partial charge in [-0.25, -0.2) is 4.79 Å². The summed E-state index contributed by atoms with van der Waals surface area (Å²) in [5.41, 5.74) is 0.734. The Morgan fingerprint density at radius 3 is 2.50 bits per heavy atom. The molecule has 112 valence electrons. The topological polar surface area (TPSA) is 93.5 Å². The van der Waals surface area contributed by atoms with Crippen molar-refractivity contribution in [3.05, 3.63) is 17.5 Å². The fraction of sp³-hybridized carbons (Fsp3) is 0.615. The van der Waals surface area contributed by atoms with Crippen LogP contribution in [0.25, 0.3) is 0 Å². The minimum absolute atomic E-state index is 0.254. The lowest BCUT2D eigenvalue weighted by molar-refractivity contribution is -0.137. The van der Waals surface area contributed by atoms with Crippen LogP contribution in [0.15, 0.2) is 6.07 Å². The smallest absolute Gasteiger partial charge is 0.408 e. The predicted molar refractivity (Wildman–Crippen MR) is 72.3 cm³/mol. The first-order chi connectivity index (χ1) is 9.08. The SMILES string of the molecule is Cc1cc([C@@H](CC(=O)O)NC(=O)OC(C)(C)C)nn1C. The van der Waals surface area contributed by atoms with Crippen LogP contribution in [-0.4, -0.2) is 32.6 Å². The number of aliphatic carboxylic acids is 1. The molecule has 7 nitrogen and oxygen atoms in total. The molecule has 2 N–H and O–H groups in total. The molecule has 0 fully saturated rings. The van der Waals surface area contributed by atoms with Crippen molar-refractivity contribution < 1.29 is 19.4 Å². The Bertz CT molecular complexity index is 483. The number of hydrogen-bond donors (Lipinski definition) is 2. The summed E-state index contributed by atoms with van der Waals surface area (Å²) in [5.74, 6) is -1.02. The maximum atomic E-state index is 11.8. The zero-order chi connectivity index (χ0) is 15.5. The number of carboxylic acid groups (broad SMARTS) is 1. The molecule has 0 saturated carbocycles. The normalized spacial score (nSPS) is 12.8. The van der Waals surface area contributed by atoms with Crippen LogP contribution in [0.3, 0.4) is 0 Å². The first-order valence-electron chi connectivity index (χ1n) is 6.30. The van der Waals surface area contributed by atoms with Crippen LogP contribution in [0.2, 0.25) is 0 Å². The second-order valence-electron chi connectivity index (χ2n) is 5.63. The lowest BCUT2D eigenvalue weighted by atomic mass is 10.1. The van der Waals surface area contributed by atoms with E-state index >= 15 is 0 Å². The van der Waals surface area contributed by atoms with Gasteiger partial charge in [0.1, 0.15) is 5.60 Å². The number of carboxylic acids is 1. The summed E-state index contributed by atoms with van der Waals surface area (Å²) in [6.45, 7) is 7.07. The van der Waals surface area contributed by atoms with Gasteiger partial charge in [0.05, 0.1) is 18.2 Å². The molecule has 1 rings (SSSR count). The number of carbonyl (C=O) groups excluding carboxylic acids is 1. The van der Waals surface area contributed by atoms with Crippen LogP contribution in [0.5, 0.6) is 0 Å². The van der Waals surface area contributed by atoms with E-state index < -0.39 is 23.7 Å². The Morgan fingerprint density at radius 1 is 1.50 bits per heavy atom. The third-order valence-electron chi connectivity index (χ3n) is 2.56. The standard InChI is InChI=1S/C13H21N3O4/c1-8-6-10(15-16(8)5)9(7-11(17)18)14-12(19)20-13(2,3)4/h6,9H,7H2,1-5H3,(H,14,19)(H,17,18)/t9-/m1/s1. The largest absolute Gasteiger partial charge is 0.481 e. The molecular weight excluding hydrogens is 262 g/mol. The molecule has 0 aliphatic rings. The number of aryl methyl sites for hydroxylation is 2. The van der Waals surface area contributed by atoms with Gasteiger partial charge in [-0.2, -0.15) is 5.10 Å². The highest BCUT2D eigenvalue weighted by molar-refractivity contribution is 5.72. The fourth-order valence-corrected chi connectivity index (χ4v) is 1.61. The second kappa shape index (κ2) is 5.94. The van der Waals surface area contributed by atoms with Crippen LogP contribution in [0.1, 0.15) is 44.6 Å². The summed E-state index contributed by atoms with van der Waals surface area (Å²) in [7, 11) is 1.75. The van der Waals surface area contributed by atoms with Crippen molar-refractivity contribution in [1.82, 2.24) is 15.1 Å². The monoisotopic (exact) mass is 283 g/mol. The van der Waals surface area contributed by atoms with Crippen LogP contribution < -0.4 is 5.32 Å². The number of rotatable bonds is 4. The third-order valence-corrected chi connectivity index (χ3v) is 2.56. The molecule has 20 heavy (non-hydrogen) atoms. The second-order valence-corrected chi connectivity index (χ2v) is 5.63. The van der Waals surface area contributed by atoms with E-state index in [0.29, 0.717) is 5.69 Å². The minimum Gasteiger partial charge on any atom is -0.481 e. The van der Waals surface area contributed by atoms with E-state index in [1.54, 1.807) is 38.6 Å². The van der Waals surface area contributed by atoms with Crippen molar-refractivity contribution in [3.63, 3.8) is 0 Å². The number of ether oxygens (including phenoxy) is 1. The number of amides is 1. The van der Waals surface area contributed by atoms with Crippen LogP contribution in [-0.2, 0) is 16.6 Å². The van der Waals surface area contributed by atoms with Crippen LogP contribution >= 0.6 is 0 Å². The van der Waals surface area contributed by atoms with Gasteiger partial charge in [0, 0.05) is 12.7 Å². The predicted octanol–water partition coefficient (Wildman–Crippen LogP) is 1.77. The molecule has 1 heterocycles. The van der Waals surface area contributed by atoms with Crippen molar-refractivity contribution in [2.45, 2.75) is 45.8 Å². The van der Waals surface area contributed by atoms with Gasteiger partial charge in [-0.15, -0.1) is 0 Å². The Balaban J connectivity index is 2.85. The lowest BCUT2D eigenvalue weighted by Gasteiger charge is -2.22. The van der Waals surface area contributed by atoms with E-state index in [4.69, 9.17) is 9.84 Å². The molecule has 1 amide bonds. The van der Waals surface area contributed by atoms with Gasteiger partial charge in [-0.1, -0.05) is 0 Å². The number of alkyl carbamates (subject to hydrolysis) is 1. The highest BCUT2D eigenvalue weighted by atomic mass is 16.6. The van der Waals surface area contributed by atoms with E-state index in [0.717, 1.165) is 5.69 Å². The molecule has 0 bridgehead atoms. The maximum Gasteiger partial charge on any atom is 0.408 e. The van der Waals surface area contributed by atoms with E-state index in [-0.39, 0.29) is 6.42 Å². The van der Waals surface area contributed by atoms with Crippen molar-refractivity contribution >= 4 is 12.1 Å². The van der Waals surface area contributed by atoms with Gasteiger partial charge in [-0.3, -0.25) is 9.48 Å². The van der Waals surface area contributed by atoms with Crippen molar-refractivity contribution in [3.8, 4) is 0 Å². The Labute approximate surface area is 117 Å². The molecule has 0 radical (unpaired) electrons. The number of nitrogens with one attached hydrogen (secondary N) is 1. The summed E-state index contributed by atoms with van der Waals surface area (Å²) in [6.07, 6.45) is -0.914. The molecule has 0 aromatic carbocycles. The van der Waals surface area contributed by atoms with Crippen LogP contribution in [0, 0.1) is 6.92 Å². The molecule has 0 saturated heterocycles. The molecule has 0 spiro atoms. The van der Waals surface area contributed by atoms with Gasteiger partial charge in [0.25, 0.3) is 0 Å². The van der Waals surface area contributed by atoms with E-state index in [9.17, 15) is 9.59 Å². The van der Waals surface area contributed by atoms with Gasteiger partial charge in [-0.05, 0) is 33.8 Å². The van der Waals surface area contributed by atoms with E-state index in [2.05, 4.69) is 10.4 Å². The first kappa shape index (κ1) is 16.0. The summed E-state index contributed by atoms with van der Waals surface area (Å²) < 4.78 is 6.76. The first-order valence-corrected chi connectivity index (χ1v) is 6.30. The third kappa shape index (κ3) is 4.91. The Kier molecular flexibility index (Phi) is 4.75. The van der Waals surface area contributed by atoms with E-state index in [1.165, 1.54) is 0 Å². The maximum absolute atomic E-state index is 11.8. The number of carbonyl (C=O) groups is 2. The molecule has 1 atom stereocenters. The van der Waals surface area contributed by atoms with Crippen molar-refractivity contribution in [2.75, 3.05) is 0 Å². The zero-order valence-electron chi connectivity index (χ0n) is 12.4. The Morgan fingerprint density at radius 2 is 2.10 bits per heavy atom. The molecule has 0 aliphatic heterocycles. The van der Waals surface area contributed by atoms with Gasteiger partial charge >= 0.3 is 12.1 Å².